The number of esters is 1. The van der Waals surface area contributed by atoms with Crippen LogP contribution < -0.4 is 5.56 Å². The number of thiophene rings is 1. The van der Waals surface area contributed by atoms with Crippen molar-refractivity contribution in [2.24, 2.45) is 0 Å². The van der Waals surface area contributed by atoms with Gasteiger partial charge in [0, 0.05) is 10.9 Å². The molecule has 0 N–H and O–H groups in total. The molecule has 6 heteroatoms. The van der Waals surface area contributed by atoms with Crippen LogP contribution in [0.4, 0.5) is 0 Å². The zero-order chi connectivity index (χ0) is 20.2. The Balaban J connectivity index is 1.65. The molecule has 0 spiro atoms. The van der Waals surface area contributed by atoms with Crippen LogP contribution in [0.1, 0.15) is 26.2 Å². The number of benzene rings is 2. The number of unbranched alkanes of at least 4 members (excludes halogenated alkanes) is 2. The molecule has 0 fully saturated rings. The molecule has 0 aliphatic rings. The second kappa shape index (κ2) is 8.57. The number of ether oxygens (including phenoxy) is 1. The summed E-state index contributed by atoms with van der Waals surface area (Å²) in [5.41, 5.74) is 1.59. The first-order chi connectivity index (χ1) is 14.2. The van der Waals surface area contributed by atoms with Crippen molar-refractivity contribution in [3.05, 3.63) is 64.5 Å². The fraction of sp³-hybridized carbons (Fsp3) is 0.261. The van der Waals surface area contributed by atoms with E-state index < -0.39 is 5.97 Å². The average Bonchev–Trinajstić information content (AvgIpc) is 3.18. The van der Waals surface area contributed by atoms with Crippen LogP contribution >= 0.6 is 11.3 Å². The van der Waals surface area contributed by atoms with Gasteiger partial charge in [0.2, 0.25) is 0 Å². The lowest BCUT2D eigenvalue weighted by atomic mass is 10.0. The lowest BCUT2D eigenvalue weighted by Gasteiger charge is -2.07. The van der Waals surface area contributed by atoms with Crippen LogP contribution in [-0.4, -0.2) is 22.1 Å². The molecule has 4 aromatic rings. The molecule has 0 bridgehead atoms. The van der Waals surface area contributed by atoms with Gasteiger partial charge in [-0.05, 0) is 28.8 Å². The fourth-order valence-corrected chi connectivity index (χ4v) is 4.28. The summed E-state index contributed by atoms with van der Waals surface area (Å²) in [6.07, 6.45) is 4.35. The first kappa shape index (κ1) is 19.3. The van der Waals surface area contributed by atoms with Crippen molar-refractivity contribution in [1.82, 2.24) is 9.55 Å². The van der Waals surface area contributed by atoms with Crippen molar-refractivity contribution in [2.45, 2.75) is 32.7 Å². The lowest BCUT2D eigenvalue weighted by Crippen LogP contribution is -2.25. The van der Waals surface area contributed by atoms with E-state index in [1.807, 2.05) is 23.6 Å². The average molecular weight is 407 g/mol. The van der Waals surface area contributed by atoms with Gasteiger partial charge in [0.05, 0.1) is 18.3 Å². The number of aromatic nitrogens is 2. The van der Waals surface area contributed by atoms with Crippen LogP contribution in [0.3, 0.4) is 0 Å². The van der Waals surface area contributed by atoms with Crippen molar-refractivity contribution in [3.63, 3.8) is 0 Å². The molecule has 0 aliphatic heterocycles. The number of rotatable bonds is 7. The Morgan fingerprint density at radius 1 is 1.14 bits per heavy atom. The monoisotopic (exact) mass is 406 g/mol. The number of carbonyl (C=O) groups is 1. The van der Waals surface area contributed by atoms with Gasteiger partial charge in [-0.3, -0.25) is 14.2 Å². The van der Waals surface area contributed by atoms with Gasteiger partial charge in [-0.1, -0.05) is 56.2 Å². The second-order valence-corrected chi connectivity index (χ2v) is 7.85. The number of fused-ring (bicyclic) bond motifs is 2. The molecule has 0 saturated carbocycles. The maximum absolute atomic E-state index is 13.1. The van der Waals surface area contributed by atoms with E-state index in [1.54, 1.807) is 0 Å². The molecular weight excluding hydrogens is 384 g/mol. The summed E-state index contributed by atoms with van der Waals surface area (Å²) in [6.45, 7) is 2.36. The van der Waals surface area contributed by atoms with Gasteiger partial charge in [0.1, 0.15) is 11.4 Å². The minimum atomic E-state index is -0.410. The highest BCUT2D eigenvalue weighted by molar-refractivity contribution is 7.17. The normalized spacial score (nSPS) is 11.2. The molecule has 0 radical (unpaired) electrons. The van der Waals surface area contributed by atoms with Crippen LogP contribution in [-0.2, 0) is 16.1 Å². The van der Waals surface area contributed by atoms with Gasteiger partial charge >= 0.3 is 5.97 Å². The van der Waals surface area contributed by atoms with E-state index in [9.17, 15) is 9.59 Å². The number of carbonyl (C=O) groups excluding carboxylic acids is 1. The van der Waals surface area contributed by atoms with Gasteiger partial charge in [0.15, 0.2) is 0 Å². The molecule has 0 saturated heterocycles. The SMILES string of the molecule is CCCCCOC(=O)Cn1cnc2scc(-c3ccc4ccccc4c3)c2c1=O. The Morgan fingerprint density at radius 2 is 1.97 bits per heavy atom. The molecule has 0 atom stereocenters. The highest BCUT2D eigenvalue weighted by Gasteiger charge is 2.15. The first-order valence-electron chi connectivity index (χ1n) is 9.79. The third-order valence-corrected chi connectivity index (χ3v) is 5.82. The molecule has 148 valence electrons. The fourth-order valence-electron chi connectivity index (χ4n) is 3.37. The van der Waals surface area contributed by atoms with Crippen LogP contribution in [0.5, 0.6) is 0 Å². The Bertz CT molecular complexity index is 1230. The van der Waals surface area contributed by atoms with Crippen LogP contribution in [0.15, 0.2) is 59.0 Å². The predicted octanol–water partition coefficient (Wildman–Crippen LogP) is 5.01. The van der Waals surface area contributed by atoms with E-state index in [4.69, 9.17) is 4.74 Å². The number of hydrogen-bond donors (Lipinski definition) is 0. The summed E-state index contributed by atoms with van der Waals surface area (Å²) in [6, 6.07) is 14.3. The Morgan fingerprint density at radius 3 is 2.79 bits per heavy atom. The highest BCUT2D eigenvalue weighted by atomic mass is 32.1. The van der Waals surface area contributed by atoms with E-state index in [1.165, 1.54) is 22.2 Å². The second-order valence-electron chi connectivity index (χ2n) is 7.00. The van der Waals surface area contributed by atoms with Gasteiger partial charge in [-0.15, -0.1) is 11.3 Å². The minimum absolute atomic E-state index is 0.124. The predicted molar refractivity (Wildman–Crippen MR) is 117 cm³/mol. The summed E-state index contributed by atoms with van der Waals surface area (Å²) in [7, 11) is 0. The van der Waals surface area contributed by atoms with Gasteiger partial charge in [-0.2, -0.15) is 0 Å². The largest absolute Gasteiger partial charge is 0.464 e. The molecule has 2 heterocycles. The molecule has 2 aromatic heterocycles. The molecule has 4 rings (SSSR count). The Hall–Kier alpha value is -2.99. The Labute approximate surface area is 172 Å². The third-order valence-electron chi connectivity index (χ3n) is 4.93. The van der Waals surface area contributed by atoms with E-state index in [0.717, 1.165) is 41.2 Å². The first-order valence-corrected chi connectivity index (χ1v) is 10.7. The standard InChI is InChI=1S/C23H22N2O3S/c1-2-3-6-11-28-20(26)13-25-15-24-22-21(23(25)27)19(14-29-22)18-10-9-16-7-4-5-8-17(16)12-18/h4-5,7-10,12,14-15H,2-3,6,11,13H2,1H3. The smallest absolute Gasteiger partial charge is 0.326 e. The van der Waals surface area contributed by atoms with Crippen molar-refractivity contribution >= 4 is 38.3 Å². The van der Waals surface area contributed by atoms with Crippen LogP contribution in [0.25, 0.3) is 32.1 Å². The third kappa shape index (κ3) is 4.07. The number of hydrogen-bond acceptors (Lipinski definition) is 5. The van der Waals surface area contributed by atoms with Gasteiger partial charge in [0.25, 0.3) is 5.56 Å². The van der Waals surface area contributed by atoms with Crippen molar-refractivity contribution < 1.29 is 9.53 Å². The topological polar surface area (TPSA) is 61.2 Å². The summed E-state index contributed by atoms with van der Waals surface area (Å²) in [5.74, 6) is -0.410. The van der Waals surface area contributed by atoms with E-state index in [0.29, 0.717) is 16.8 Å². The number of nitrogens with zero attached hydrogens (tertiary/aromatic N) is 2. The summed E-state index contributed by atoms with van der Waals surface area (Å²) >= 11 is 1.43. The van der Waals surface area contributed by atoms with Crippen molar-refractivity contribution in [1.29, 1.82) is 0 Å². The van der Waals surface area contributed by atoms with Crippen LogP contribution in [0.2, 0.25) is 0 Å². The summed E-state index contributed by atoms with van der Waals surface area (Å²) < 4.78 is 6.57. The summed E-state index contributed by atoms with van der Waals surface area (Å²) in [4.78, 5) is 30.2. The zero-order valence-electron chi connectivity index (χ0n) is 16.3. The molecule has 2 aromatic carbocycles. The molecule has 0 unspecified atom stereocenters. The molecule has 5 nitrogen and oxygen atoms in total. The zero-order valence-corrected chi connectivity index (χ0v) is 17.1. The quantitative estimate of drug-likeness (QED) is 0.320. The molecule has 29 heavy (non-hydrogen) atoms. The maximum atomic E-state index is 13.1. The van der Waals surface area contributed by atoms with Crippen LogP contribution in [0, 0.1) is 0 Å². The Kier molecular flexibility index (Phi) is 5.71. The molecular formula is C23H22N2O3S. The molecule has 0 aliphatic carbocycles. The van der Waals surface area contributed by atoms with E-state index >= 15 is 0 Å². The van der Waals surface area contributed by atoms with E-state index in [-0.39, 0.29) is 12.1 Å². The molecule has 0 amide bonds. The van der Waals surface area contributed by atoms with Crippen molar-refractivity contribution in [3.8, 4) is 11.1 Å². The van der Waals surface area contributed by atoms with Gasteiger partial charge < -0.3 is 4.74 Å². The highest BCUT2D eigenvalue weighted by Crippen LogP contribution is 2.32. The lowest BCUT2D eigenvalue weighted by molar-refractivity contribution is -0.144. The van der Waals surface area contributed by atoms with Gasteiger partial charge in [-0.25, -0.2) is 4.98 Å². The maximum Gasteiger partial charge on any atom is 0.326 e. The van der Waals surface area contributed by atoms with E-state index in [2.05, 4.69) is 36.2 Å². The van der Waals surface area contributed by atoms with Crippen molar-refractivity contribution in [2.75, 3.05) is 6.61 Å². The summed E-state index contributed by atoms with van der Waals surface area (Å²) in [5, 5.41) is 4.77. The minimum Gasteiger partial charge on any atom is -0.464 e.